The van der Waals surface area contributed by atoms with Crippen molar-refractivity contribution in [3.05, 3.63) is 48.6 Å². The fourth-order valence-electron chi connectivity index (χ4n) is 4.49. The maximum atomic E-state index is 12.7. The Morgan fingerprint density at radius 2 is 1.93 bits per heavy atom. The number of amides is 1. The van der Waals surface area contributed by atoms with Gasteiger partial charge in [-0.25, -0.2) is 9.31 Å². The Labute approximate surface area is 176 Å². The number of aromatic nitrogens is 2. The van der Waals surface area contributed by atoms with Crippen molar-refractivity contribution in [2.45, 2.75) is 51.3 Å². The molecule has 0 radical (unpaired) electrons. The minimum atomic E-state index is -0.487. The molecule has 4 heterocycles. The van der Waals surface area contributed by atoms with Gasteiger partial charge >= 0.3 is 6.09 Å². The number of fused-ring (bicyclic) bond motifs is 3. The zero-order valence-corrected chi connectivity index (χ0v) is 17.8. The van der Waals surface area contributed by atoms with Crippen LogP contribution in [0.1, 0.15) is 39.2 Å². The topological polar surface area (TPSA) is 102 Å². The Kier molecular flexibility index (Phi) is 5.09. The van der Waals surface area contributed by atoms with Crippen LogP contribution >= 0.6 is 0 Å². The van der Waals surface area contributed by atoms with Gasteiger partial charge in [0, 0.05) is 42.8 Å². The molecule has 0 saturated carbocycles. The number of allylic oxidation sites excluding steroid dienone is 2. The van der Waals surface area contributed by atoms with Crippen molar-refractivity contribution in [2.24, 2.45) is 11.5 Å². The molecule has 0 spiro atoms. The molecule has 8 nitrogen and oxygen atoms in total. The van der Waals surface area contributed by atoms with Gasteiger partial charge in [-0.15, -0.1) is 0 Å². The van der Waals surface area contributed by atoms with E-state index in [1.807, 2.05) is 42.4 Å². The van der Waals surface area contributed by atoms with Gasteiger partial charge in [0.25, 0.3) is 0 Å². The highest BCUT2D eigenvalue weighted by Crippen LogP contribution is 2.35. The average molecular weight is 411 g/mol. The van der Waals surface area contributed by atoms with Crippen LogP contribution in [0.3, 0.4) is 0 Å². The number of carbonyl (C=O) groups excluding carboxylic acids is 1. The zero-order chi connectivity index (χ0) is 21.5. The van der Waals surface area contributed by atoms with Crippen molar-refractivity contribution in [1.82, 2.24) is 14.5 Å². The summed E-state index contributed by atoms with van der Waals surface area (Å²) in [5, 5.41) is 4.45. The fourth-order valence-corrected chi connectivity index (χ4v) is 4.49. The normalized spacial score (nSPS) is 22.3. The number of nitrogens with zero attached hydrogens (tertiary/aromatic N) is 4. The van der Waals surface area contributed by atoms with Crippen LogP contribution in [0.25, 0.3) is 11.1 Å². The van der Waals surface area contributed by atoms with Crippen LogP contribution in [0, 0.1) is 0 Å². The largest absolute Gasteiger partial charge is 0.444 e. The summed E-state index contributed by atoms with van der Waals surface area (Å²) >= 11 is 0. The average Bonchev–Trinajstić information content (AvgIpc) is 3.23. The lowest BCUT2D eigenvalue weighted by Gasteiger charge is -2.42. The molecule has 0 aromatic carbocycles. The Balaban J connectivity index is 1.61. The fraction of sp³-hybridized carbons (Fsp3) is 0.455. The number of anilines is 1. The molecule has 4 N–H and O–H groups in total. The van der Waals surface area contributed by atoms with E-state index in [-0.39, 0.29) is 18.2 Å². The number of ether oxygens (including phenoxy) is 1. The summed E-state index contributed by atoms with van der Waals surface area (Å²) in [4.78, 5) is 17.0. The smallest absolute Gasteiger partial charge is 0.410 e. The molecule has 2 bridgehead atoms. The molecule has 8 heteroatoms. The predicted molar refractivity (Wildman–Crippen MR) is 118 cm³/mol. The first-order chi connectivity index (χ1) is 14.3. The highest BCUT2D eigenvalue weighted by Gasteiger charge is 2.44. The lowest BCUT2D eigenvalue weighted by molar-refractivity contribution is 0.0123. The molecule has 2 aromatic heterocycles. The third-order valence-corrected chi connectivity index (χ3v) is 5.70. The van der Waals surface area contributed by atoms with Gasteiger partial charge in [0.1, 0.15) is 5.60 Å². The van der Waals surface area contributed by atoms with Gasteiger partial charge in [-0.1, -0.05) is 0 Å². The van der Waals surface area contributed by atoms with Crippen molar-refractivity contribution >= 4 is 22.9 Å². The van der Waals surface area contributed by atoms with Gasteiger partial charge in [-0.2, -0.15) is 5.10 Å². The summed E-state index contributed by atoms with van der Waals surface area (Å²) in [6.07, 6.45) is 10.3. The van der Waals surface area contributed by atoms with Gasteiger partial charge in [0.2, 0.25) is 0 Å². The lowest BCUT2D eigenvalue weighted by atomic mass is 10.1. The van der Waals surface area contributed by atoms with E-state index >= 15 is 0 Å². The molecule has 2 atom stereocenters. The van der Waals surface area contributed by atoms with Crippen LogP contribution in [0.2, 0.25) is 0 Å². The third kappa shape index (κ3) is 3.69. The highest BCUT2D eigenvalue weighted by molar-refractivity contribution is 5.82. The molecule has 160 valence electrons. The molecule has 0 aliphatic carbocycles. The summed E-state index contributed by atoms with van der Waals surface area (Å²) in [5.74, 6) is 0. The zero-order valence-electron chi connectivity index (χ0n) is 17.8. The molecule has 2 fully saturated rings. The van der Waals surface area contributed by atoms with Gasteiger partial charge in [0.05, 0.1) is 23.3 Å². The van der Waals surface area contributed by atoms with Crippen LogP contribution in [0.5, 0.6) is 0 Å². The second-order valence-corrected chi connectivity index (χ2v) is 8.93. The van der Waals surface area contributed by atoms with Crippen LogP contribution in [-0.2, 0) is 4.74 Å². The van der Waals surface area contributed by atoms with Gasteiger partial charge < -0.3 is 21.1 Å². The van der Waals surface area contributed by atoms with Crippen molar-refractivity contribution in [1.29, 1.82) is 0 Å². The van der Waals surface area contributed by atoms with Crippen molar-refractivity contribution in [2.75, 3.05) is 18.0 Å². The van der Waals surface area contributed by atoms with Crippen LogP contribution < -0.4 is 16.4 Å². The van der Waals surface area contributed by atoms with E-state index in [0.717, 1.165) is 48.3 Å². The van der Waals surface area contributed by atoms with Gasteiger partial charge in [-0.3, -0.25) is 4.90 Å². The molecular formula is C22H30N6O2. The molecule has 30 heavy (non-hydrogen) atoms. The van der Waals surface area contributed by atoms with Gasteiger partial charge in [0.15, 0.2) is 0 Å². The maximum Gasteiger partial charge on any atom is 0.410 e. The number of hydrogen-bond acceptors (Lipinski definition) is 6. The number of carbonyl (C=O) groups is 1. The highest BCUT2D eigenvalue weighted by atomic mass is 16.6. The molecule has 4 rings (SSSR count). The lowest BCUT2D eigenvalue weighted by Crippen LogP contribution is -2.56. The summed E-state index contributed by atoms with van der Waals surface area (Å²) in [6.45, 7) is 7.27. The molecule has 2 aliphatic heterocycles. The number of rotatable bonds is 3. The molecule has 2 aromatic rings. The van der Waals surface area contributed by atoms with E-state index in [1.165, 1.54) is 12.4 Å². The molecule has 1 amide bonds. The van der Waals surface area contributed by atoms with Crippen molar-refractivity contribution in [3.8, 4) is 0 Å². The number of piperazine rings is 1. The number of nitrogens with two attached hydrogens (primary N) is 2. The Morgan fingerprint density at radius 3 is 2.53 bits per heavy atom. The minimum absolute atomic E-state index is 0.154. The van der Waals surface area contributed by atoms with E-state index in [4.69, 9.17) is 16.2 Å². The first-order valence-corrected chi connectivity index (χ1v) is 10.3. The minimum Gasteiger partial charge on any atom is -0.444 e. The monoisotopic (exact) mass is 410 g/mol. The Hall–Kier alpha value is -3.16. The molecular weight excluding hydrogens is 380 g/mol. The van der Waals surface area contributed by atoms with Crippen molar-refractivity contribution in [3.63, 3.8) is 0 Å². The first kappa shape index (κ1) is 20.1. The number of hydrogen-bond donors (Lipinski definition) is 2. The van der Waals surface area contributed by atoms with E-state index in [0.29, 0.717) is 0 Å². The van der Waals surface area contributed by atoms with Crippen LogP contribution in [-0.4, -0.2) is 51.4 Å². The van der Waals surface area contributed by atoms with E-state index in [2.05, 4.69) is 16.1 Å². The SMILES string of the molecule is CC(C)(C)OC(=O)N1C2CC[C@@H]1CN(c1ccnn3cc(C(/C=C\N)=C/N)cc13)C2. The molecule has 2 aliphatic rings. The maximum absolute atomic E-state index is 12.7. The predicted octanol–water partition coefficient (Wildman–Crippen LogP) is 2.69. The standard InChI is InChI=1S/C22H30N6O2/c1-22(2,3)30-21(29)28-17-4-5-18(28)14-26(13-17)19-7-9-25-27-12-16(10-20(19)27)15(11-24)6-8-23/h6-12,17-18H,4-5,13-14,23-24H2,1-3H3/b8-6-,15-11+/t17-,18?/m1/s1. The Morgan fingerprint density at radius 1 is 1.23 bits per heavy atom. The molecule has 1 unspecified atom stereocenters. The first-order valence-electron chi connectivity index (χ1n) is 10.3. The quantitative estimate of drug-likeness (QED) is 0.755. The third-order valence-electron chi connectivity index (χ3n) is 5.70. The van der Waals surface area contributed by atoms with Crippen molar-refractivity contribution < 1.29 is 9.53 Å². The van der Waals surface area contributed by atoms with Crippen LogP contribution in [0.15, 0.2) is 43.0 Å². The second kappa shape index (κ2) is 7.59. The summed E-state index contributed by atoms with van der Waals surface area (Å²) in [5.41, 5.74) is 14.7. The Bertz CT molecular complexity index is 989. The molecule has 2 saturated heterocycles. The van der Waals surface area contributed by atoms with Crippen LogP contribution in [0.4, 0.5) is 10.5 Å². The van der Waals surface area contributed by atoms with Gasteiger partial charge in [-0.05, 0) is 58.0 Å². The summed E-state index contributed by atoms with van der Waals surface area (Å²) < 4.78 is 7.52. The van der Waals surface area contributed by atoms with E-state index < -0.39 is 5.60 Å². The van der Waals surface area contributed by atoms with E-state index in [9.17, 15) is 4.79 Å². The van der Waals surface area contributed by atoms with E-state index in [1.54, 1.807) is 12.3 Å². The summed E-state index contributed by atoms with van der Waals surface area (Å²) in [6, 6.07) is 4.41. The second-order valence-electron chi connectivity index (χ2n) is 8.93. The summed E-state index contributed by atoms with van der Waals surface area (Å²) in [7, 11) is 0.